The Morgan fingerprint density at radius 3 is 2.42 bits per heavy atom. The molecule has 0 N–H and O–H groups in total. The van der Waals surface area contributed by atoms with E-state index in [1.807, 2.05) is 30.3 Å². The summed E-state index contributed by atoms with van der Waals surface area (Å²) in [6, 6.07) is 16.1. The van der Waals surface area contributed by atoms with Crippen LogP contribution < -0.4 is 9.84 Å². The number of rotatable bonds is 5. The Morgan fingerprint density at radius 1 is 1.17 bits per heavy atom. The topological polar surface area (TPSA) is 69.7 Å². The van der Waals surface area contributed by atoms with E-state index in [0.717, 1.165) is 11.1 Å². The molecule has 0 bridgehead atoms. The van der Waals surface area contributed by atoms with Gasteiger partial charge in [-0.2, -0.15) is 0 Å². The van der Waals surface area contributed by atoms with Crippen LogP contribution in [0.2, 0.25) is 0 Å². The van der Waals surface area contributed by atoms with E-state index in [1.165, 1.54) is 0 Å². The molecule has 0 saturated carbocycles. The van der Waals surface area contributed by atoms with E-state index in [4.69, 9.17) is 4.74 Å². The van der Waals surface area contributed by atoms with Crippen LogP contribution in [0.3, 0.4) is 0 Å². The molecule has 1 heterocycles. The van der Waals surface area contributed by atoms with Crippen LogP contribution in [0.1, 0.15) is 23.6 Å². The minimum Gasteiger partial charge on any atom is -0.550 e. The molecule has 0 radical (unpaired) electrons. The predicted molar refractivity (Wildman–Crippen MR) is 85.8 cm³/mol. The van der Waals surface area contributed by atoms with E-state index >= 15 is 0 Å². The maximum atomic E-state index is 12.4. The van der Waals surface area contributed by atoms with Gasteiger partial charge in [0.2, 0.25) is 5.91 Å². The summed E-state index contributed by atoms with van der Waals surface area (Å²) in [6.45, 7) is 0.375. The molecule has 2 aromatic carbocycles. The molecule has 0 spiro atoms. The number of amides is 1. The first-order valence-corrected chi connectivity index (χ1v) is 7.78. The molecule has 124 valence electrons. The molecule has 24 heavy (non-hydrogen) atoms. The van der Waals surface area contributed by atoms with Crippen molar-refractivity contribution in [2.45, 2.75) is 19.0 Å². The van der Waals surface area contributed by atoms with Crippen molar-refractivity contribution in [3.8, 4) is 5.75 Å². The number of aliphatic carboxylic acids is 1. The molecule has 1 saturated heterocycles. The molecule has 1 aliphatic heterocycles. The summed E-state index contributed by atoms with van der Waals surface area (Å²) in [6.07, 6.45) is -0.0359. The Balaban J connectivity index is 1.94. The Kier molecular flexibility index (Phi) is 4.51. The third-order valence-electron chi connectivity index (χ3n) is 4.39. The number of carboxylic acid groups (broad SMARTS) is 1. The molecule has 0 aromatic heterocycles. The van der Waals surface area contributed by atoms with Crippen molar-refractivity contribution in [1.82, 2.24) is 4.90 Å². The van der Waals surface area contributed by atoms with E-state index in [2.05, 4.69) is 0 Å². The zero-order valence-corrected chi connectivity index (χ0v) is 13.3. The van der Waals surface area contributed by atoms with Gasteiger partial charge in [0, 0.05) is 24.9 Å². The van der Waals surface area contributed by atoms with E-state index in [-0.39, 0.29) is 12.3 Å². The number of hydrogen-bond acceptors (Lipinski definition) is 4. The highest BCUT2D eigenvalue weighted by Crippen LogP contribution is 2.39. The highest BCUT2D eigenvalue weighted by molar-refractivity contribution is 5.86. The van der Waals surface area contributed by atoms with E-state index < -0.39 is 17.9 Å². The smallest absolute Gasteiger partial charge is 0.224 e. The number of carboxylic acids is 1. The first-order valence-electron chi connectivity index (χ1n) is 7.78. The third-order valence-corrected chi connectivity index (χ3v) is 4.39. The lowest BCUT2D eigenvalue weighted by atomic mass is 9.93. The van der Waals surface area contributed by atoms with Gasteiger partial charge in [-0.05, 0) is 23.3 Å². The van der Waals surface area contributed by atoms with Crippen LogP contribution in [0.25, 0.3) is 0 Å². The Bertz CT molecular complexity index is 727. The second-order valence-electron chi connectivity index (χ2n) is 5.85. The third kappa shape index (κ3) is 3.11. The van der Waals surface area contributed by atoms with Crippen LogP contribution in [0.4, 0.5) is 0 Å². The van der Waals surface area contributed by atoms with Crippen LogP contribution in [0, 0.1) is 5.92 Å². The van der Waals surface area contributed by atoms with Crippen molar-refractivity contribution in [2.75, 3.05) is 7.11 Å². The molecular formula is C19H18NO4-. The molecule has 0 unspecified atom stereocenters. The van der Waals surface area contributed by atoms with Gasteiger partial charge in [-0.25, -0.2) is 0 Å². The first kappa shape index (κ1) is 16.1. The van der Waals surface area contributed by atoms with Crippen LogP contribution in [0.15, 0.2) is 54.6 Å². The summed E-state index contributed by atoms with van der Waals surface area (Å²) in [5.41, 5.74) is 1.73. The zero-order chi connectivity index (χ0) is 17.1. The lowest BCUT2D eigenvalue weighted by Crippen LogP contribution is -2.36. The Morgan fingerprint density at radius 2 is 1.83 bits per heavy atom. The van der Waals surface area contributed by atoms with Gasteiger partial charge in [0.15, 0.2) is 0 Å². The van der Waals surface area contributed by atoms with Crippen LogP contribution in [0.5, 0.6) is 5.75 Å². The lowest BCUT2D eigenvalue weighted by Gasteiger charge is -2.29. The number of carbonyl (C=O) groups is 2. The molecule has 2 atom stereocenters. The fraction of sp³-hybridized carbons (Fsp3) is 0.263. The van der Waals surface area contributed by atoms with Crippen molar-refractivity contribution in [1.29, 1.82) is 0 Å². The standard InChI is InChI=1S/C19H19NO4/c1-24-15-9-7-14(8-10-15)18-16(19(22)23)11-17(21)20(18)12-13-5-3-2-4-6-13/h2-10,16,18H,11-12H2,1H3,(H,22,23)/p-1/t16-,18+/m0/s1. The molecule has 2 aromatic rings. The summed E-state index contributed by atoms with van der Waals surface area (Å²) in [5, 5.41) is 11.5. The van der Waals surface area contributed by atoms with Gasteiger partial charge in [-0.15, -0.1) is 0 Å². The van der Waals surface area contributed by atoms with Gasteiger partial charge in [0.05, 0.1) is 13.2 Å². The number of hydrogen-bond donors (Lipinski definition) is 0. The summed E-state index contributed by atoms with van der Waals surface area (Å²) in [7, 11) is 1.57. The quantitative estimate of drug-likeness (QED) is 0.836. The predicted octanol–water partition coefficient (Wildman–Crippen LogP) is 1.53. The van der Waals surface area contributed by atoms with Gasteiger partial charge in [0.25, 0.3) is 0 Å². The molecule has 1 fully saturated rings. The van der Waals surface area contributed by atoms with Gasteiger partial charge in [0.1, 0.15) is 5.75 Å². The van der Waals surface area contributed by atoms with Gasteiger partial charge in [-0.3, -0.25) is 4.79 Å². The average Bonchev–Trinajstić information content (AvgIpc) is 2.93. The normalized spacial score (nSPS) is 20.2. The van der Waals surface area contributed by atoms with Crippen molar-refractivity contribution < 1.29 is 19.4 Å². The number of carbonyl (C=O) groups excluding carboxylic acids is 2. The van der Waals surface area contributed by atoms with Gasteiger partial charge >= 0.3 is 0 Å². The van der Waals surface area contributed by atoms with Crippen molar-refractivity contribution in [2.24, 2.45) is 5.92 Å². The number of methoxy groups -OCH3 is 1. The average molecular weight is 324 g/mol. The molecule has 1 aliphatic rings. The van der Waals surface area contributed by atoms with E-state index in [0.29, 0.717) is 12.3 Å². The first-order chi connectivity index (χ1) is 11.6. The Hall–Kier alpha value is -2.82. The van der Waals surface area contributed by atoms with E-state index in [9.17, 15) is 14.7 Å². The molecule has 1 amide bonds. The summed E-state index contributed by atoms with van der Waals surface area (Å²) >= 11 is 0. The Labute approximate surface area is 140 Å². The highest BCUT2D eigenvalue weighted by atomic mass is 16.5. The fourth-order valence-corrected chi connectivity index (χ4v) is 3.18. The van der Waals surface area contributed by atoms with Crippen LogP contribution in [-0.4, -0.2) is 23.9 Å². The minimum atomic E-state index is -1.19. The van der Waals surface area contributed by atoms with Crippen molar-refractivity contribution in [3.63, 3.8) is 0 Å². The van der Waals surface area contributed by atoms with Crippen LogP contribution in [-0.2, 0) is 16.1 Å². The molecule has 0 aliphatic carbocycles. The van der Waals surface area contributed by atoms with Gasteiger partial charge in [-0.1, -0.05) is 42.5 Å². The maximum absolute atomic E-state index is 12.4. The monoisotopic (exact) mass is 324 g/mol. The second-order valence-corrected chi connectivity index (χ2v) is 5.85. The second kappa shape index (κ2) is 6.74. The van der Waals surface area contributed by atoms with E-state index in [1.54, 1.807) is 36.3 Å². The number of nitrogens with zero attached hydrogens (tertiary/aromatic N) is 1. The van der Waals surface area contributed by atoms with Crippen molar-refractivity contribution in [3.05, 3.63) is 65.7 Å². The molecular weight excluding hydrogens is 306 g/mol. The minimum absolute atomic E-state index is 0.0359. The molecule has 3 rings (SSSR count). The summed E-state index contributed by atoms with van der Waals surface area (Å²) < 4.78 is 5.14. The number of ether oxygens (including phenoxy) is 1. The van der Waals surface area contributed by atoms with Crippen molar-refractivity contribution >= 4 is 11.9 Å². The van der Waals surface area contributed by atoms with Crippen LogP contribution >= 0.6 is 0 Å². The summed E-state index contributed by atoms with van der Waals surface area (Å²) in [4.78, 5) is 25.6. The largest absolute Gasteiger partial charge is 0.550 e. The lowest BCUT2D eigenvalue weighted by molar-refractivity contribution is -0.312. The highest BCUT2D eigenvalue weighted by Gasteiger charge is 2.41. The summed E-state index contributed by atoms with van der Waals surface area (Å²) in [5.74, 6) is -1.54. The molecule has 5 nitrogen and oxygen atoms in total. The SMILES string of the molecule is COc1ccc([C@@H]2[C@@H](C(=O)[O-])CC(=O)N2Cc2ccccc2)cc1. The van der Waals surface area contributed by atoms with Gasteiger partial charge < -0.3 is 19.5 Å². The maximum Gasteiger partial charge on any atom is 0.224 e. The fourth-order valence-electron chi connectivity index (χ4n) is 3.18. The zero-order valence-electron chi connectivity index (χ0n) is 13.3. The number of benzene rings is 2. The molecule has 5 heteroatoms. The number of likely N-dealkylation sites (tertiary alicyclic amines) is 1.